The first-order valence-electron chi connectivity index (χ1n) is 8.81. The van der Waals surface area contributed by atoms with Crippen molar-refractivity contribution in [1.29, 1.82) is 0 Å². The van der Waals surface area contributed by atoms with Crippen LogP contribution < -0.4 is 15.4 Å². The Hall–Kier alpha value is -1.35. The number of hydrogen-bond donors (Lipinski definition) is 2. The molecule has 0 amide bonds. The van der Waals surface area contributed by atoms with Gasteiger partial charge in [0, 0.05) is 23.4 Å². The molecule has 26 heavy (non-hydrogen) atoms. The van der Waals surface area contributed by atoms with Gasteiger partial charge in [0.05, 0.1) is 30.4 Å². The highest BCUT2D eigenvalue weighted by molar-refractivity contribution is 14.0. The maximum Gasteiger partial charge on any atom is 0.191 e. The van der Waals surface area contributed by atoms with E-state index in [0.29, 0.717) is 25.6 Å². The molecule has 0 saturated heterocycles. The molecule has 0 spiro atoms. The largest absolute Gasteiger partial charge is 0.494 e. The van der Waals surface area contributed by atoms with E-state index in [1.165, 1.54) is 5.01 Å². The molecular formula is C19H29IN4OS. The lowest BCUT2D eigenvalue weighted by Crippen LogP contribution is -2.36. The summed E-state index contributed by atoms with van der Waals surface area (Å²) in [5.41, 5.74) is 2.13. The van der Waals surface area contributed by atoms with Crippen LogP contribution >= 0.6 is 35.3 Å². The fourth-order valence-corrected chi connectivity index (χ4v) is 3.11. The lowest BCUT2D eigenvalue weighted by atomic mass is 10.2. The van der Waals surface area contributed by atoms with Gasteiger partial charge in [0.15, 0.2) is 5.96 Å². The molecule has 0 aliphatic carbocycles. The van der Waals surface area contributed by atoms with Crippen LogP contribution in [0.5, 0.6) is 5.75 Å². The standard InChI is InChI=1S/C19H28N4OS.HI/c1-5-20-19(22-12-16-13-25-18(23-16)14(3)4)21-11-15-9-7-8-10-17(15)24-6-2;/h7-10,13-14H,5-6,11-12H2,1-4H3,(H2,20,21,22);1H. The number of guanidine groups is 1. The molecule has 0 saturated carbocycles. The molecule has 0 aliphatic rings. The fourth-order valence-electron chi connectivity index (χ4n) is 2.28. The predicted octanol–water partition coefficient (Wildman–Crippen LogP) is 4.54. The van der Waals surface area contributed by atoms with Gasteiger partial charge in [-0.2, -0.15) is 0 Å². The van der Waals surface area contributed by atoms with Gasteiger partial charge in [-0.25, -0.2) is 9.98 Å². The number of ether oxygens (including phenoxy) is 1. The zero-order valence-corrected chi connectivity index (χ0v) is 19.1. The summed E-state index contributed by atoms with van der Waals surface area (Å²) < 4.78 is 5.66. The molecule has 2 rings (SSSR count). The van der Waals surface area contributed by atoms with Gasteiger partial charge in [-0.3, -0.25) is 0 Å². The van der Waals surface area contributed by atoms with Crippen LogP contribution in [-0.4, -0.2) is 24.1 Å². The number of aliphatic imine (C=N–C) groups is 1. The summed E-state index contributed by atoms with van der Waals surface area (Å²) in [6, 6.07) is 8.03. The summed E-state index contributed by atoms with van der Waals surface area (Å²) in [4.78, 5) is 9.33. The third kappa shape index (κ3) is 7.11. The summed E-state index contributed by atoms with van der Waals surface area (Å²) in [5.74, 6) is 2.15. The number of halogens is 1. The van der Waals surface area contributed by atoms with Crippen molar-refractivity contribution in [2.75, 3.05) is 13.2 Å². The van der Waals surface area contributed by atoms with E-state index in [1.54, 1.807) is 11.3 Å². The molecule has 2 aromatic rings. The number of aromatic nitrogens is 1. The van der Waals surface area contributed by atoms with Crippen LogP contribution in [0.25, 0.3) is 0 Å². The van der Waals surface area contributed by atoms with Gasteiger partial charge in [-0.05, 0) is 19.9 Å². The number of benzene rings is 1. The molecule has 0 bridgehead atoms. The van der Waals surface area contributed by atoms with Crippen LogP contribution in [0.1, 0.15) is 49.9 Å². The first kappa shape index (κ1) is 22.7. The average Bonchev–Trinajstić information content (AvgIpc) is 3.08. The van der Waals surface area contributed by atoms with E-state index in [2.05, 4.69) is 46.8 Å². The highest BCUT2D eigenvalue weighted by Gasteiger charge is 2.07. The average molecular weight is 488 g/mol. The molecule has 0 fully saturated rings. The Morgan fingerprint density at radius 2 is 2.00 bits per heavy atom. The van der Waals surface area contributed by atoms with Gasteiger partial charge >= 0.3 is 0 Å². The normalized spacial score (nSPS) is 11.2. The Labute approximate surface area is 177 Å². The van der Waals surface area contributed by atoms with E-state index in [1.807, 2.05) is 31.2 Å². The van der Waals surface area contributed by atoms with Gasteiger partial charge in [-0.15, -0.1) is 35.3 Å². The minimum Gasteiger partial charge on any atom is -0.494 e. The highest BCUT2D eigenvalue weighted by Crippen LogP contribution is 2.19. The molecule has 144 valence electrons. The Kier molecular flexibility index (Phi) is 10.6. The minimum atomic E-state index is 0. The Balaban J connectivity index is 0.00000338. The van der Waals surface area contributed by atoms with Crippen LogP contribution in [0, 0.1) is 0 Å². The van der Waals surface area contributed by atoms with Crippen molar-refractivity contribution in [1.82, 2.24) is 15.6 Å². The topological polar surface area (TPSA) is 58.5 Å². The van der Waals surface area contributed by atoms with Crippen molar-refractivity contribution in [3.05, 3.63) is 45.9 Å². The van der Waals surface area contributed by atoms with E-state index in [-0.39, 0.29) is 24.0 Å². The molecule has 5 nitrogen and oxygen atoms in total. The second-order valence-electron chi connectivity index (χ2n) is 5.92. The van der Waals surface area contributed by atoms with Gasteiger partial charge in [0.2, 0.25) is 0 Å². The predicted molar refractivity (Wildman–Crippen MR) is 121 cm³/mol. The van der Waals surface area contributed by atoms with E-state index in [9.17, 15) is 0 Å². The molecule has 1 aromatic carbocycles. The number of thiazole rings is 1. The SMILES string of the molecule is CCNC(=NCc1ccccc1OCC)NCc1csc(C(C)C)n1.I. The van der Waals surface area contributed by atoms with Crippen LogP contribution in [0.4, 0.5) is 0 Å². The van der Waals surface area contributed by atoms with Crippen LogP contribution in [0.2, 0.25) is 0 Å². The highest BCUT2D eigenvalue weighted by atomic mass is 127. The van der Waals surface area contributed by atoms with Crippen molar-refractivity contribution in [3.8, 4) is 5.75 Å². The van der Waals surface area contributed by atoms with E-state index in [0.717, 1.165) is 29.5 Å². The Bertz CT molecular complexity index is 688. The number of rotatable bonds is 8. The smallest absolute Gasteiger partial charge is 0.191 e. The third-order valence-corrected chi connectivity index (χ3v) is 4.72. The van der Waals surface area contributed by atoms with Gasteiger partial charge in [-0.1, -0.05) is 32.0 Å². The van der Waals surface area contributed by atoms with E-state index in [4.69, 9.17) is 4.74 Å². The molecule has 1 heterocycles. The number of nitrogens with zero attached hydrogens (tertiary/aromatic N) is 2. The molecule has 0 atom stereocenters. The van der Waals surface area contributed by atoms with Crippen LogP contribution in [0.15, 0.2) is 34.6 Å². The second-order valence-corrected chi connectivity index (χ2v) is 6.81. The summed E-state index contributed by atoms with van der Waals surface area (Å²) in [7, 11) is 0. The Morgan fingerprint density at radius 3 is 2.65 bits per heavy atom. The molecule has 0 radical (unpaired) electrons. The maximum absolute atomic E-state index is 5.66. The summed E-state index contributed by atoms with van der Waals surface area (Å²) in [6.45, 7) is 11.1. The Morgan fingerprint density at radius 1 is 1.23 bits per heavy atom. The second kappa shape index (κ2) is 12.1. The number of para-hydroxylation sites is 1. The minimum absolute atomic E-state index is 0. The molecule has 1 aromatic heterocycles. The summed E-state index contributed by atoms with van der Waals surface area (Å²) in [6.07, 6.45) is 0. The first-order valence-corrected chi connectivity index (χ1v) is 9.69. The van der Waals surface area contributed by atoms with E-state index >= 15 is 0 Å². The quantitative estimate of drug-likeness (QED) is 0.326. The maximum atomic E-state index is 5.66. The van der Waals surface area contributed by atoms with Crippen molar-refractivity contribution >= 4 is 41.3 Å². The molecule has 2 N–H and O–H groups in total. The van der Waals surface area contributed by atoms with Crippen molar-refractivity contribution < 1.29 is 4.74 Å². The first-order chi connectivity index (χ1) is 12.1. The molecular weight excluding hydrogens is 459 g/mol. The number of nitrogens with one attached hydrogen (secondary N) is 2. The zero-order valence-electron chi connectivity index (χ0n) is 15.9. The summed E-state index contributed by atoms with van der Waals surface area (Å²) >= 11 is 1.71. The lowest BCUT2D eigenvalue weighted by molar-refractivity contribution is 0.336. The van der Waals surface area contributed by atoms with Crippen molar-refractivity contribution in [2.45, 2.75) is 46.7 Å². The third-order valence-electron chi connectivity index (χ3n) is 3.52. The number of hydrogen-bond acceptors (Lipinski definition) is 4. The molecule has 0 aliphatic heterocycles. The summed E-state index contributed by atoms with van der Waals surface area (Å²) in [5, 5.41) is 9.91. The van der Waals surface area contributed by atoms with Crippen LogP contribution in [0.3, 0.4) is 0 Å². The zero-order chi connectivity index (χ0) is 18.1. The fraction of sp³-hybridized carbons (Fsp3) is 0.474. The van der Waals surface area contributed by atoms with Crippen molar-refractivity contribution in [2.24, 2.45) is 4.99 Å². The van der Waals surface area contributed by atoms with Gasteiger partial charge in [0.25, 0.3) is 0 Å². The molecule has 7 heteroatoms. The van der Waals surface area contributed by atoms with Crippen molar-refractivity contribution in [3.63, 3.8) is 0 Å². The van der Waals surface area contributed by atoms with Gasteiger partial charge < -0.3 is 15.4 Å². The van der Waals surface area contributed by atoms with Crippen LogP contribution in [-0.2, 0) is 13.1 Å². The van der Waals surface area contributed by atoms with E-state index < -0.39 is 0 Å². The van der Waals surface area contributed by atoms with Gasteiger partial charge in [0.1, 0.15) is 5.75 Å². The molecule has 0 unspecified atom stereocenters. The monoisotopic (exact) mass is 488 g/mol. The lowest BCUT2D eigenvalue weighted by Gasteiger charge is -2.12.